The second-order valence-corrected chi connectivity index (χ2v) is 5.18. The van der Waals surface area contributed by atoms with Crippen molar-refractivity contribution in [1.82, 2.24) is 10.3 Å². The van der Waals surface area contributed by atoms with E-state index in [-0.39, 0.29) is 19.2 Å². The molecule has 0 saturated carbocycles. The van der Waals surface area contributed by atoms with Gasteiger partial charge in [0.15, 0.2) is 11.5 Å². The Bertz CT molecular complexity index is 763. The van der Waals surface area contributed by atoms with Gasteiger partial charge in [0.05, 0.1) is 5.56 Å². The Morgan fingerprint density at radius 3 is 2.64 bits per heavy atom. The third-order valence-electron chi connectivity index (χ3n) is 3.44. The number of carbonyl (C=O) groups is 1. The van der Waals surface area contributed by atoms with E-state index in [1.807, 2.05) is 0 Å². The van der Waals surface area contributed by atoms with Crippen LogP contribution in [0.15, 0.2) is 36.5 Å². The molecule has 1 aromatic carbocycles. The molecule has 0 spiro atoms. The minimum atomic E-state index is -4.41. The van der Waals surface area contributed by atoms with Crippen molar-refractivity contribution in [2.45, 2.75) is 6.18 Å². The van der Waals surface area contributed by atoms with E-state index in [1.54, 1.807) is 18.2 Å². The smallest absolute Gasteiger partial charge is 0.417 e. The van der Waals surface area contributed by atoms with Crippen LogP contribution in [-0.2, 0) is 6.18 Å². The van der Waals surface area contributed by atoms with E-state index in [0.717, 1.165) is 12.3 Å². The summed E-state index contributed by atoms with van der Waals surface area (Å²) in [7, 11) is 0. The number of hydrogen-bond donors (Lipinski definition) is 2. The van der Waals surface area contributed by atoms with Gasteiger partial charge in [-0.05, 0) is 30.3 Å². The van der Waals surface area contributed by atoms with Gasteiger partial charge in [-0.25, -0.2) is 4.98 Å². The molecule has 0 aliphatic carbocycles. The van der Waals surface area contributed by atoms with Gasteiger partial charge < -0.3 is 20.1 Å². The second-order valence-electron chi connectivity index (χ2n) is 5.18. The van der Waals surface area contributed by atoms with E-state index in [4.69, 9.17) is 9.47 Å². The third-order valence-corrected chi connectivity index (χ3v) is 3.44. The molecule has 0 unspecified atom stereocenters. The SMILES string of the molecule is O=C(NCCNc1ccc(C(F)(F)F)cn1)c1ccc2c(c1)OCO2. The van der Waals surface area contributed by atoms with Crippen molar-refractivity contribution >= 4 is 11.7 Å². The van der Waals surface area contributed by atoms with Crippen molar-refractivity contribution in [3.63, 3.8) is 0 Å². The van der Waals surface area contributed by atoms with Gasteiger partial charge >= 0.3 is 6.18 Å². The summed E-state index contributed by atoms with van der Waals surface area (Å²) in [6.45, 7) is 0.717. The summed E-state index contributed by atoms with van der Waals surface area (Å²) in [6, 6.07) is 7.04. The highest BCUT2D eigenvalue weighted by atomic mass is 19.4. The number of hydrogen-bond acceptors (Lipinski definition) is 5. The number of ether oxygens (including phenoxy) is 2. The maximum absolute atomic E-state index is 12.4. The molecule has 0 saturated heterocycles. The Kier molecular flexibility index (Phi) is 4.64. The fourth-order valence-corrected chi connectivity index (χ4v) is 2.17. The lowest BCUT2D eigenvalue weighted by molar-refractivity contribution is -0.137. The summed E-state index contributed by atoms with van der Waals surface area (Å²) in [4.78, 5) is 15.7. The minimum absolute atomic E-state index is 0.129. The Labute approximate surface area is 141 Å². The van der Waals surface area contributed by atoms with Gasteiger partial charge in [0.1, 0.15) is 5.82 Å². The Balaban J connectivity index is 1.46. The normalized spacial score (nSPS) is 12.8. The quantitative estimate of drug-likeness (QED) is 0.809. The molecule has 2 aromatic rings. The zero-order valence-electron chi connectivity index (χ0n) is 12.9. The second kappa shape index (κ2) is 6.88. The van der Waals surface area contributed by atoms with Crippen LogP contribution in [0, 0.1) is 0 Å². The number of halogens is 3. The number of aromatic nitrogens is 1. The molecule has 9 heteroatoms. The average molecular weight is 353 g/mol. The van der Waals surface area contributed by atoms with Crippen molar-refractivity contribution in [3.8, 4) is 11.5 Å². The number of fused-ring (bicyclic) bond motifs is 1. The summed E-state index contributed by atoms with van der Waals surface area (Å²) < 4.78 is 47.7. The lowest BCUT2D eigenvalue weighted by Crippen LogP contribution is -2.28. The molecule has 6 nitrogen and oxygen atoms in total. The molecule has 1 aromatic heterocycles. The van der Waals surface area contributed by atoms with E-state index in [2.05, 4.69) is 15.6 Å². The summed E-state index contributed by atoms with van der Waals surface area (Å²) in [5.74, 6) is 1.11. The molecule has 2 N–H and O–H groups in total. The predicted octanol–water partition coefficient (Wildman–Crippen LogP) is 2.67. The van der Waals surface area contributed by atoms with Crippen LogP contribution in [0.25, 0.3) is 0 Å². The van der Waals surface area contributed by atoms with E-state index in [1.165, 1.54) is 6.07 Å². The Morgan fingerprint density at radius 1 is 1.12 bits per heavy atom. The van der Waals surface area contributed by atoms with Crippen LogP contribution in [0.4, 0.5) is 19.0 Å². The van der Waals surface area contributed by atoms with E-state index >= 15 is 0 Å². The maximum Gasteiger partial charge on any atom is 0.417 e. The van der Waals surface area contributed by atoms with Crippen molar-refractivity contribution in [1.29, 1.82) is 0 Å². The van der Waals surface area contributed by atoms with Gasteiger partial charge in [0, 0.05) is 24.8 Å². The van der Waals surface area contributed by atoms with Gasteiger partial charge in [-0.2, -0.15) is 13.2 Å². The molecule has 25 heavy (non-hydrogen) atoms. The molecule has 1 aliphatic rings. The molecule has 1 aliphatic heterocycles. The van der Waals surface area contributed by atoms with E-state index in [9.17, 15) is 18.0 Å². The summed E-state index contributed by atoms with van der Waals surface area (Å²) >= 11 is 0. The van der Waals surface area contributed by atoms with Crippen LogP contribution in [0.1, 0.15) is 15.9 Å². The van der Waals surface area contributed by atoms with E-state index < -0.39 is 11.7 Å². The van der Waals surface area contributed by atoms with Crippen LogP contribution < -0.4 is 20.1 Å². The zero-order chi connectivity index (χ0) is 17.9. The zero-order valence-corrected chi connectivity index (χ0v) is 12.9. The van der Waals surface area contributed by atoms with Crippen molar-refractivity contribution in [2.24, 2.45) is 0 Å². The number of rotatable bonds is 5. The molecule has 132 valence electrons. The molecule has 0 bridgehead atoms. The van der Waals surface area contributed by atoms with Crippen LogP contribution in [0.2, 0.25) is 0 Å². The van der Waals surface area contributed by atoms with Gasteiger partial charge in [-0.15, -0.1) is 0 Å². The molecule has 2 heterocycles. The van der Waals surface area contributed by atoms with Gasteiger partial charge in [-0.1, -0.05) is 0 Å². The molecule has 0 atom stereocenters. The molecule has 1 amide bonds. The number of nitrogens with zero attached hydrogens (tertiary/aromatic N) is 1. The summed E-state index contributed by atoms with van der Waals surface area (Å²) in [5.41, 5.74) is -0.383. The first-order chi connectivity index (χ1) is 11.9. The number of amides is 1. The Morgan fingerprint density at radius 2 is 1.92 bits per heavy atom. The van der Waals surface area contributed by atoms with Crippen LogP contribution in [0.3, 0.4) is 0 Å². The average Bonchev–Trinajstić information content (AvgIpc) is 3.06. The number of carbonyl (C=O) groups excluding carboxylic acids is 1. The summed E-state index contributed by atoms with van der Waals surface area (Å²) in [6.07, 6.45) is -3.66. The lowest BCUT2D eigenvalue weighted by atomic mass is 10.2. The highest BCUT2D eigenvalue weighted by Gasteiger charge is 2.30. The first-order valence-corrected chi connectivity index (χ1v) is 7.38. The fourth-order valence-electron chi connectivity index (χ4n) is 2.17. The van der Waals surface area contributed by atoms with Crippen LogP contribution >= 0.6 is 0 Å². The lowest BCUT2D eigenvalue weighted by Gasteiger charge is -2.09. The van der Waals surface area contributed by atoms with Gasteiger partial charge in [0.25, 0.3) is 5.91 Å². The van der Waals surface area contributed by atoms with Crippen molar-refractivity contribution < 1.29 is 27.4 Å². The number of pyridine rings is 1. The molecule has 0 radical (unpaired) electrons. The molecule has 0 fully saturated rings. The largest absolute Gasteiger partial charge is 0.454 e. The summed E-state index contributed by atoms with van der Waals surface area (Å²) in [5, 5.41) is 5.52. The Hall–Kier alpha value is -2.97. The number of benzene rings is 1. The number of nitrogens with one attached hydrogen (secondary N) is 2. The number of anilines is 1. The predicted molar refractivity (Wildman–Crippen MR) is 82.6 cm³/mol. The van der Waals surface area contributed by atoms with Crippen LogP contribution in [-0.4, -0.2) is 30.8 Å². The topological polar surface area (TPSA) is 72.5 Å². The first kappa shape index (κ1) is 16.9. The van der Waals surface area contributed by atoms with Gasteiger partial charge in [0.2, 0.25) is 6.79 Å². The van der Waals surface area contributed by atoms with Gasteiger partial charge in [-0.3, -0.25) is 4.79 Å². The highest BCUT2D eigenvalue weighted by molar-refractivity contribution is 5.94. The standard InChI is InChI=1S/C16H14F3N3O3/c17-16(18,19)11-2-4-14(22-8-11)20-5-6-21-15(23)10-1-3-12-13(7-10)25-9-24-12/h1-4,7-8H,5-6,9H2,(H,20,22)(H,21,23). The monoisotopic (exact) mass is 353 g/mol. The third kappa shape index (κ3) is 4.11. The maximum atomic E-state index is 12.4. The molecule has 3 rings (SSSR count). The molecular formula is C16H14F3N3O3. The van der Waals surface area contributed by atoms with Crippen molar-refractivity contribution in [2.75, 3.05) is 25.2 Å². The van der Waals surface area contributed by atoms with Crippen LogP contribution in [0.5, 0.6) is 11.5 Å². The molecular weight excluding hydrogens is 339 g/mol. The fraction of sp³-hybridized carbons (Fsp3) is 0.250. The minimum Gasteiger partial charge on any atom is -0.454 e. The number of alkyl halides is 3. The van der Waals surface area contributed by atoms with Crippen molar-refractivity contribution in [3.05, 3.63) is 47.7 Å². The first-order valence-electron chi connectivity index (χ1n) is 7.38. The highest BCUT2D eigenvalue weighted by Crippen LogP contribution is 2.32. The van der Waals surface area contributed by atoms with E-state index in [0.29, 0.717) is 29.4 Å².